The number of carboxylic acids is 1. The Balaban J connectivity index is 1.87. The lowest BCUT2D eigenvalue weighted by atomic mass is 10.2. The summed E-state index contributed by atoms with van der Waals surface area (Å²) in [5.41, 5.74) is 0.182. The third-order valence-electron chi connectivity index (χ3n) is 4.18. The number of amides is 1. The second kappa shape index (κ2) is 7.36. The van der Waals surface area contributed by atoms with Gasteiger partial charge in [0.05, 0.1) is 23.2 Å². The van der Waals surface area contributed by atoms with Crippen LogP contribution in [-0.2, 0) is 19.4 Å². The highest BCUT2D eigenvalue weighted by Crippen LogP contribution is 2.41. The van der Waals surface area contributed by atoms with Crippen LogP contribution in [0.3, 0.4) is 0 Å². The molecular formula is C16H17FN2O5S2. The van der Waals surface area contributed by atoms with Gasteiger partial charge in [-0.3, -0.25) is 9.59 Å². The first-order valence-electron chi connectivity index (χ1n) is 8.01. The van der Waals surface area contributed by atoms with Gasteiger partial charge in [0.1, 0.15) is 5.82 Å². The lowest BCUT2D eigenvalue weighted by Crippen LogP contribution is -2.38. The quantitative estimate of drug-likeness (QED) is 0.802. The lowest BCUT2D eigenvalue weighted by Gasteiger charge is -2.24. The van der Waals surface area contributed by atoms with Crippen LogP contribution in [0.1, 0.15) is 19.3 Å². The van der Waals surface area contributed by atoms with Gasteiger partial charge >= 0.3 is 5.97 Å². The topological polar surface area (TPSA) is 104 Å². The predicted octanol–water partition coefficient (Wildman–Crippen LogP) is 1.68. The number of rotatable bonds is 5. The van der Waals surface area contributed by atoms with Crippen molar-refractivity contribution in [3.05, 3.63) is 30.1 Å². The minimum atomic E-state index is -3.23. The average molecular weight is 400 g/mol. The Morgan fingerprint density at radius 3 is 2.69 bits per heavy atom. The Bertz CT molecular complexity index is 871. The zero-order valence-corrected chi connectivity index (χ0v) is 15.3. The minimum Gasteiger partial charge on any atom is -0.481 e. The molecule has 10 heteroatoms. The van der Waals surface area contributed by atoms with Crippen molar-refractivity contribution in [2.75, 3.05) is 16.4 Å². The Morgan fingerprint density at radius 1 is 1.27 bits per heavy atom. The van der Waals surface area contributed by atoms with Crippen LogP contribution < -0.4 is 4.90 Å². The molecule has 1 aromatic rings. The van der Waals surface area contributed by atoms with Gasteiger partial charge in [0, 0.05) is 18.1 Å². The summed E-state index contributed by atoms with van der Waals surface area (Å²) in [5.74, 6) is -2.18. The fourth-order valence-electron chi connectivity index (χ4n) is 3.05. The third-order valence-corrected chi connectivity index (χ3v) is 7.39. The number of carbonyl (C=O) groups excluding carboxylic acids is 1. The molecule has 2 atom stereocenters. The van der Waals surface area contributed by atoms with Gasteiger partial charge in [-0.1, -0.05) is 23.9 Å². The van der Waals surface area contributed by atoms with Crippen LogP contribution in [0.15, 0.2) is 29.3 Å². The normalized spacial score (nSPS) is 25.4. The summed E-state index contributed by atoms with van der Waals surface area (Å²) in [6.07, 6.45) is -0.00406. The molecular weight excluding hydrogens is 383 g/mol. The first-order valence-corrected chi connectivity index (χ1v) is 10.7. The maximum Gasteiger partial charge on any atom is 0.303 e. The van der Waals surface area contributed by atoms with Crippen molar-refractivity contribution in [1.29, 1.82) is 0 Å². The van der Waals surface area contributed by atoms with Crippen LogP contribution in [0, 0.1) is 5.82 Å². The summed E-state index contributed by atoms with van der Waals surface area (Å²) in [7, 11) is -3.23. The molecule has 0 radical (unpaired) electrons. The number of nitrogens with zero attached hydrogens (tertiary/aromatic N) is 2. The zero-order chi connectivity index (χ0) is 18.9. The number of aliphatic imine (C=N–C) groups is 1. The van der Waals surface area contributed by atoms with E-state index in [1.54, 1.807) is 6.07 Å². The van der Waals surface area contributed by atoms with Crippen molar-refractivity contribution in [2.45, 2.75) is 30.6 Å². The van der Waals surface area contributed by atoms with E-state index in [1.807, 2.05) is 0 Å². The van der Waals surface area contributed by atoms with Crippen LogP contribution in [0.2, 0.25) is 0 Å². The Labute approximate surface area is 154 Å². The van der Waals surface area contributed by atoms with Crippen LogP contribution in [0.25, 0.3) is 0 Å². The number of benzene rings is 1. The number of amidine groups is 1. The average Bonchev–Trinajstić information content (AvgIpc) is 2.98. The van der Waals surface area contributed by atoms with Crippen molar-refractivity contribution < 1.29 is 27.5 Å². The molecule has 2 aliphatic heterocycles. The molecule has 26 heavy (non-hydrogen) atoms. The number of aliphatic carboxylic acids is 1. The molecule has 0 aliphatic carbocycles. The van der Waals surface area contributed by atoms with Crippen LogP contribution in [-0.4, -0.2) is 53.4 Å². The summed E-state index contributed by atoms with van der Waals surface area (Å²) in [6.45, 7) is 0. The number of carbonyl (C=O) groups is 2. The van der Waals surface area contributed by atoms with Gasteiger partial charge in [-0.25, -0.2) is 12.8 Å². The molecule has 2 aliphatic rings. The highest BCUT2D eigenvalue weighted by atomic mass is 32.2. The smallest absolute Gasteiger partial charge is 0.303 e. The van der Waals surface area contributed by atoms with E-state index in [9.17, 15) is 22.4 Å². The first-order chi connectivity index (χ1) is 12.3. The number of thioether (sulfide) groups is 1. The van der Waals surface area contributed by atoms with E-state index in [2.05, 4.69) is 4.99 Å². The van der Waals surface area contributed by atoms with E-state index in [1.165, 1.54) is 23.1 Å². The monoisotopic (exact) mass is 400 g/mol. The lowest BCUT2D eigenvalue weighted by molar-refractivity contribution is -0.137. The molecule has 2 saturated heterocycles. The van der Waals surface area contributed by atoms with Gasteiger partial charge in [0.15, 0.2) is 15.0 Å². The number of carboxylic acid groups (broad SMARTS) is 1. The number of hydrogen-bond acceptors (Lipinski definition) is 5. The minimum absolute atomic E-state index is 0.0326. The van der Waals surface area contributed by atoms with E-state index in [4.69, 9.17) is 5.11 Å². The van der Waals surface area contributed by atoms with E-state index >= 15 is 0 Å². The molecule has 1 aromatic carbocycles. The summed E-state index contributed by atoms with van der Waals surface area (Å²) >= 11 is 1.16. The van der Waals surface area contributed by atoms with Gasteiger partial charge in [-0.15, -0.1) is 0 Å². The highest BCUT2D eigenvalue weighted by Gasteiger charge is 2.49. The van der Waals surface area contributed by atoms with Gasteiger partial charge < -0.3 is 10.0 Å². The fourth-order valence-corrected chi connectivity index (χ4v) is 6.97. The molecule has 2 heterocycles. The van der Waals surface area contributed by atoms with Gasteiger partial charge in [0.25, 0.3) is 0 Å². The molecule has 1 N–H and O–H groups in total. The standard InChI is InChI=1S/C16H17FN2O5S2/c17-10-4-1-2-5-11(10)19-12-8-26(23,24)9-13(12)25-16(19)18-14(20)6-3-7-15(21)22/h1-2,4-5,12-13H,3,6-9H2,(H,21,22)/t12-,13+/m1/s1. The zero-order valence-electron chi connectivity index (χ0n) is 13.7. The van der Waals surface area contributed by atoms with Crippen LogP contribution in [0.4, 0.5) is 10.1 Å². The van der Waals surface area contributed by atoms with Crippen molar-refractivity contribution in [2.24, 2.45) is 4.99 Å². The molecule has 3 rings (SSSR count). The van der Waals surface area contributed by atoms with Crippen molar-refractivity contribution >= 4 is 44.3 Å². The van der Waals surface area contributed by atoms with Crippen molar-refractivity contribution in [3.8, 4) is 0 Å². The molecule has 2 fully saturated rings. The predicted molar refractivity (Wildman–Crippen MR) is 96.6 cm³/mol. The van der Waals surface area contributed by atoms with Gasteiger partial charge in [0.2, 0.25) is 5.91 Å². The number of anilines is 1. The number of para-hydroxylation sites is 1. The van der Waals surface area contributed by atoms with E-state index in [-0.39, 0.29) is 46.9 Å². The molecule has 0 unspecified atom stereocenters. The summed E-state index contributed by atoms with van der Waals surface area (Å²) < 4.78 is 38.2. The van der Waals surface area contributed by atoms with E-state index in [0.717, 1.165) is 11.8 Å². The van der Waals surface area contributed by atoms with E-state index < -0.39 is 33.6 Å². The second-order valence-electron chi connectivity index (χ2n) is 6.16. The van der Waals surface area contributed by atoms with Gasteiger partial charge in [-0.2, -0.15) is 4.99 Å². The molecule has 1 amide bonds. The second-order valence-corrected chi connectivity index (χ2v) is 9.52. The largest absolute Gasteiger partial charge is 0.481 e. The molecule has 0 aromatic heterocycles. The molecule has 140 valence electrons. The number of halogens is 1. The first kappa shape index (κ1) is 18.8. The van der Waals surface area contributed by atoms with E-state index in [0.29, 0.717) is 0 Å². The van der Waals surface area contributed by atoms with Crippen molar-refractivity contribution in [1.82, 2.24) is 0 Å². The Kier molecular flexibility index (Phi) is 5.33. The number of sulfone groups is 1. The fraction of sp³-hybridized carbons (Fsp3) is 0.438. The van der Waals surface area contributed by atoms with Crippen molar-refractivity contribution in [3.63, 3.8) is 0 Å². The third kappa shape index (κ3) is 4.07. The summed E-state index contributed by atoms with van der Waals surface area (Å²) in [5, 5.41) is 8.58. The maximum atomic E-state index is 14.3. The highest BCUT2D eigenvalue weighted by molar-refractivity contribution is 8.16. The van der Waals surface area contributed by atoms with Gasteiger partial charge in [-0.05, 0) is 18.6 Å². The molecule has 0 spiro atoms. The molecule has 0 saturated carbocycles. The summed E-state index contributed by atoms with van der Waals surface area (Å²) in [4.78, 5) is 28.1. The number of hydrogen-bond donors (Lipinski definition) is 1. The van der Waals surface area contributed by atoms with Crippen LogP contribution in [0.5, 0.6) is 0 Å². The molecule has 0 bridgehead atoms. The summed E-state index contributed by atoms with van der Waals surface area (Å²) in [6, 6.07) is 5.47. The maximum absolute atomic E-state index is 14.3. The molecule has 7 nitrogen and oxygen atoms in total. The SMILES string of the molecule is O=C(O)CCCC(=O)N=C1S[C@H]2CS(=O)(=O)C[C@H]2N1c1ccccc1F. The Hall–Kier alpha value is -1.94. The van der Waals surface area contributed by atoms with Crippen LogP contribution >= 0.6 is 11.8 Å². The Morgan fingerprint density at radius 2 is 2.00 bits per heavy atom. The number of fused-ring (bicyclic) bond motifs is 1.